The van der Waals surface area contributed by atoms with E-state index in [1.165, 1.54) is 7.11 Å². The molecule has 1 aromatic rings. The number of carbonyl (C=O) groups is 4. The second-order valence-electron chi connectivity index (χ2n) is 8.76. The van der Waals surface area contributed by atoms with E-state index in [9.17, 15) is 29.5 Å². The molecule has 1 saturated heterocycles. The number of benzene rings is 1. The summed E-state index contributed by atoms with van der Waals surface area (Å²) >= 11 is 0. The van der Waals surface area contributed by atoms with Crippen molar-refractivity contribution < 1.29 is 34.2 Å². The van der Waals surface area contributed by atoms with Crippen molar-refractivity contribution in [2.75, 3.05) is 25.7 Å². The smallest absolute Gasteiger partial charge is 0.408 e. The van der Waals surface area contributed by atoms with Crippen molar-refractivity contribution in [2.24, 2.45) is 11.8 Å². The quantitative estimate of drug-likeness (QED) is 0.214. The van der Waals surface area contributed by atoms with Crippen LogP contribution in [0.1, 0.15) is 31.4 Å². The molecule has 1 heterocycles. The molecular weight excluding hydrogens is 432 g/mol. The highest BCUT2D eigenvalue weighted by molar-refractivity contribution is 6.20. The highest BCUT2D eigenvalue weighted by Crippen LogP contribution is 2.40. The molecule has 11 heteroatoms. The molecular formula is C22H30N4O7. The highest BCUT2D eigenvalue weighted by atomic mass is 16.5. The minimum atomic E-state index is -2.01. The van der Waals surface area contributed by atoms with Gasteiger partial charge in [-0.2, -0.15) is 0 Å². The van der Waals surface area contributed by atoms with Gasteiger partial charge in [0.15, 0.2) is 17.1 Å². The number of ketones is 2. The van der Waals surface area contributed by atoms with Gasteiger partial charge in [-0.05, 0) is 36.0 Å². The lowest BCUT2D eigenvalue weighted by atomic mass is 9.83. The van der Waals surface area contributed by atoms with Gasteiger partial charge in [0.1, 0.15) is 17.6 Å². The van der Waals surface area contributed by atoms with Gasteiger partial charge in [-0.25, -0.2) is 4.79 Å². The number of carboxylic acid groups (broad SMARTS) is 1. The zero-order valence-corrected chi connectivity index (χ0v) is 18.9. The third kappa shape index (κ3) is 4.13. The first-order chi connectivity index (χ1) is 15.7. The summed E-state index contributed by atoms with van der Waals surface area (Å²) in [4.78, 5) is 51.0. The van der Waals surface area contributed by atoms with Gasteiger partial charge in [-0.15, -0.1) is 0 Å². The number of methoxy groups -OCH3 is 1. The monoisotopic (exact) mass is 462 g/mol. The van der Waals surface area contributed by atoms with Gasteiger partial charge in [0.05, 0.1) is 7.11 Å². The van der Waals surface area contributed by atoms with Crippen LogP contribution in [0.15, 0.2) is 12.1 Å². The normalized spacial score (nSPS) is 24.9. The van der Waals surface area contributed by atoms with E-state index >= 15 is 0 Å². The predicted molar refractivity (Wildman–Crippen MR) is 117 cm³/mol. The molecule has 1 aromatic carbocycles. The average molecular weight is 463 g/mol. The Hall–Kier alpha value is -3.18. The number of carbonyl (C=O) groups excluding carboxylic acids is 3. The number of Topliss-reactive ketones (excluding diaryl/α,β-unsaturated/α-hetero) is 2. The van der Waals surface area contributed by atoms with Gasteiger partial charge in [0.25, 0.3) is 0 Å². The van der Waals surface area contributed by atoms with Gasteiger partial charge in [0.2, 0.25) is 6.41 Å². The minimum absolute atomic E-state index is 0.0557. The zero-order valence-electron chi connectivity index (χ0n) is 18.9. The standard InChI is InChI=1S/C22H30N4O7/c1-12(2)8-15-13(4-5-16(25-32)18(15)33-3)9-14-10-17(28)22(19(14)29)20(24-11-27)23-6-7-26(22)21(30)31/h4-5,11-12,14,20,23,25,32H,6-10H2,1-3H3,(H,24,27)(H,30,31)/t14-,20?,22+/m1/s1. The molecule has 2 fully saturated rings. The van der Waals surface area contributed by atoms with Crippen LogP contribution in [0.4, 0.5) is 10.5 Å². The van der Waals surface area contributed by atoms with E-state index in [0.29, 0.717) is 24.3 Å². The number of hydrogen-bond donors (Lipinski definition) is 5. The molecule has 5 N–H and O–H groups in total. The first-order valence-electron chi connectivity index (χ1n) is 10.8. The van der Waals surface area contributed by atoms with Crippen molar-refractivity contribution in [2.45, 2.75) is 44.8 Å². The fourth-order valence-electron chi connectivity index (χ4n) is 5.05. The summed E-state index contributed by atoms with van der Waals surface area (Å²) in [5.74, 6) is -1.18. The van der Waals surface area contributed by atoms with Crippen molar-refractivity contribution in [1.82, 2.24) is 15.5 Å². The van der Waals surface area contributed by atoms with Crippen LogP contribution in [0.5, 0.6) is 5.75 Å². The lowest BCUT2D eigenvalue weighted by Gasteiger charge is -2.46. The Morgan fingerprint density at radius 1 is 1.39 bits per heavy atom. The number of nitrogens with zero attached hydrogens (tertiary/aromatic N) is 1. The molecule has 0 aromatic heterocycles. The van der Waals surface area contributed by atoms with Crippen molar-refractivity contribution >= 4 is 29.8 Å². The Kier molecular flexibility index (Phi) is 7.23. The summed E-state index contributed by atoms with van der Waals surface area (Å²) in [7, 11) is 1.48. The van der Waals surface area contributed by atoms with E-state index in [2.05, 4.69) is 16.1 Å². The van der Waals surface area contributed by atoms with Crippen LogP contribution < -0.4 is 20.9 Å². The van der Waals surface area contributed by atoms with Crippen LogP contribution >= 0.6 is 0 Å². The summed E-state index contributed by atoms with van der Waals surface area (Å²) < 4.78 is 5.51. The van der Waals surface area contributed by atoms with E-state index < -0.39 is 35.3 Å². The van der Waals surface area contributed by atoms with Gasteiger partial charge in [-0.3, -0.25) is 35.3 Å². The zero-order chi connectivity index (χ0) is 24.3. The summed E-state index contributed by atoms with van der Waals surface area (Å²) in [6, 6.07) is 3.38. The highest BCUT2D eigenvalue weighted by Gasteiger charge is 2.65. The van der Waals surface area contributed by atoms with Crippen molar-refractivity contribution in [3.05, 3.63) is 23.3 Å². The van der Waals surface area contributed by atoms with Crippen molar-refractivity contribution in [3.8, 4) is 5.75 Å². The number of nitrogens with one attached hydrogen (secondary N) is 3. The van der Waals surface area contributed by atoms with E-state index in [4.69, 9.17) is 4.74 Å². The van der Waals surface area contributed by atoms with Crippen LogP contribution in [0.3, 0.4) is 0 Å². The van der Waals surface area contributed by atoms with E-state index in [0.717, 1.165) is 16.0 Å². The fraction of sp³-hybridized carbons (Fsp3) is 0.545. The summed E-state index contributed by atoms with van der Waals surface area (Å²) in [6.07, 6.45) is -1.54. The van der Waals surface area contributed by atoms with Crippen molar-refractivity contribution in [1.29, 1.82) is 0 Å². The molecule has 180 valence electrons. The van der Waals surface area contributed by atoms with Crippen LogP contribution in [0.2, 0.25) is 0 Å². The molecule has 11 nitrogen and oxygen atoms in total. The Morgan fingerprint density at radius 3 is 2.70 bits per heavy atom. The molecule has 2 amide bonds. The van der Waals surface area contributed by atoms with Gasteiger partial charge in [-0.1, -0.05) is 19.9 Å². The lowest BCUT2D eigenvalue weighted by molar-refractivity contribution is -0.143. The molecule has 3 atom stereocenters. The number of ether oxygens (including phenoxy) is 1. The summed E-state index contributed by atoms with van der Waals surface area (Å²) in [6.45, 7) is 4.18. The Labute approximate surface area is 191 Å². The molecule has 1 aliphatic heterocycles. The van der Waals surface area contributed by atoms with Gasteiger partial charge >= 0.3 is 6.09 Å². The third-order valence-corrected chi connectivity index (χ3v) is 6.36. The topological polar surface area (TPSA) is 157 Å². The number of rotatable bonds is 8. The molecule has 2 aliphatic rings. The maximum atomic E-state index is 13.7. The molecule has 33 heavy (non-hydrogen) atoms. The van der Waals surface area contributed by atoms with E-state index in [1.807, 2.05) is 13.8 Å². The largest absolute Gasteiger partial charge is 0.494 e. The lowest BCUT2D eigenvalue weighted by Crippen LogP contribution is -2.77. The number of amides is 2. The molecule has 1 saturated carbocycles. The molecule has 0 radical (unpaired) electrons. The maximum Gasteiger partial charge on any atom is 0.408 e. The SMILES string of the molecule is COc1c(NO)ccc(C[C@@H]2CC(=O)[C@]3(C2=O)C(NC=O)NCCN3C(=O)O)c1CC(C)C. The molecule has 1 unspecified atom stereocenters. The predicted octanol–water partition coefficient (Wildman–Crippen LogP) is 0.790. The Bertz CT molecular complexity index is 951. The van der Waals surface area contributed by atoms with E-state index in [-0.39, 0.29) is 31.8 Å². The first kappa shape index (κ1) is 24.5. The average Bonchev–Trinajstić information content (AvgIpc) is 3.00. The second kappa shape index (κ2) is 9.75. The van der Waals surface area contributed by atoms with Crippen LogP contribution in [-0.4, -0.2) is 71.2 Å². The van der Waals surface area contributed by atoms with E-state index in [1.54, 1.807) is 12.1 Å². The number of piperazine rings is 1. The fourth-order valence-corrected chi connectivity index (χ4v) is 5.05. The molecule has 1 aliphatic carbocycles. The van der Waals surface area contributed by atoms with Crippen LogP contribution in [0, 0.1) is 11.8 Å². The van der Waals surface area contributed by atoms with Crippen molar-refractivity contribution in [3.63, 3.8) is 0 Å². The number of hydrogen-bond acceptors (Lipinski definition) is 8. The molecule has 1 spiro atoms. The Balaban J connectivity index is 2.03. The minimum Gasteiger partial charge on any atom is -0.494 e. The first-order valence-corrected chi connectivity index (χ1v) is 10.8. The van der Waals surface area contributed by atoms with Crippen LogP contribution in [-0.2, 0) is 27.2 Å². The van der Waals surface area contributed by atoms with Crippen LogP contribution in [0.25, 0.3) is 0 Å². The van der Waals surface area contributed by atoms with Gasteiger partial charge in [0, 0.05) is 25.4 Å². The molecule has 3 rings (SSSR count). The third-order valence-electron chi connectivity index (χ3n) is 6.36. The maximum absolute atomic E-state index is 13.7. The van der Waals surface area contributed by atoms with Gasteiger partial charge < -0.3 is 15.2 Å². The summed E-state index contributed by atoms with van der Waals surface area (Å²) in [5, 5.41) is 24.5. The molecule has 0 bridgehead atoms. The number of anilines is 1. The second-order valence-corrected chi connectivity index (χ2v) is 8.76. The Morgan fingerprint density at radius 2 is 2.12 bits per heavy atom. The summed E-state index contributed by atoms with van der Waals surface area (Å²) in [5.41, 5.74) is 2.05.